The lowest BCUT2D eigenvalue weighted by Crippen LogP contribution is -1.97. The minimum Gasteiger partial charge on any atom is -0.619 e. The number of hydrogen-bond donors (Lipinski definition) is 0. The van der Waals surface area contributed by atoms with Crippen molar-refractivity contribution >= 4 is 28.3 Å². The number of alkyl halides is 1. The number of halogens is 1. The molecule has 2 heterocycles. The quantitative estimate of drug-likeness (QED) is 0.623. The van der Waals surface area contributed by atoms with Crippen molar-refractivity contribution < 1.29 is 12.6 Å². The van der Waals surface area contributed by atoms with E-state index >= 15 is 0 Å². The van der Waals surface area contributed by atoms with E-state index in [0.717, 1.165) is 4.68 Å². The van der Waals surface area contributed by atoms with Crippen LogP contribution in [0.15, 0.2) is 10.6 Å². The van der Waals surface area contributed by atoms with Crippen LogP contribution in [0.25, 0.3) is 15.6 Å². The Kier molecular flexibility index (Phi) is 3.29. The first-order chi connectivity index (χ1) is 8.73. The van der Waals surface area contributed by atoms with Gasteiger partial charge in [0.1, 0.15) is 12.4 Å². The molecule has 0 aliphatic rings. The van der Waals surface area contributed by atoms with Gasteiger partial charge in [0.2, 0.25) is 5.69 Å². The highest BCUT2D eigenvalue weighted by atomic mass is 27.1. The summed E-state index contributed by atoms with van der Waals surface area (Å²) in [5.74, 6) is 0.0241. The maximum Gasteiger partial charge on any atom is 0.486 e. The minimum atomic E-state index is -0.869. The van der Waals surface area contributed by atoms with Crippen LogP contribution < -0.4 is 3.79 Å². The SMILES string of the molecule is [C-]#[N+]c1nc([O][Al])c(-n2cc([N+]#[C-])c(CF)n2)o1. The van der Waals surface area contributed by atoms with Gasteiger partial charge in [-0.1, -0.05) is 6.57 Å². The number of hydrogen-bond acceptors (Lipinski definition) is 4. The van der Waals surface area contributed by atoms with E-state index < -0.39 is 6.67 Å². The molecule has 7 nitrogen and oxygen atoms in total. The fourth-order valence-corrected chi connectivity index (χ4v) is 1.40. The van der Waals surface area contributed by atoms with Crippen molar-refractivity contribution in [1.82, 2.24) is 14.8 Å². The van der Waals surface area contributed by atoms with Gasteiger partial charge in [-0.15, -0.1) is 0 Å². The summed E-state index contributed by atoms with van der Waals surface area (Å²) >= 11 is 1.95. The molecule has 2 radical (unpaired) electrons. The van der Waals surface area contributed by atoms with Gasteiger partial charge in [-0.05, 0) is 4.98 Å². The molecule has 0 saturated heterocycles. The molecule has 0 spiro atoms. The van der Waals surface area contributed by atoms with Crippen LogP contribution >= 0.6 is 0 Å². The van der Waals surface area contributed by atoms with Crippen LogP contribution in [-0.4, -0.2) is 31.4 Å². The van der Waals surface area contributed by atoms with Crippen molar-refractivity contribution in [2.75, 3.05) is 0 Å². The second kappa shape index (κ2) is 4.89. The van der Waals surface area contributed by atoms with Gasteiger partial charge >= 0.3 is 28.5 Å². The summed E-state index contributed by atoms with van der Waals surface area (Å²) in [7, 11) is 0. The van der Waals surface area contributed by atoms with Crippen molar-refractivity contribution in [3.05, 3.63) is 34.7 Å². The lowest BCUT2D eigenvalue weighted by molar-refractivity contribution is 0.467. The first kappa shape index (κ1) is 12.1. The molecule has 18 heavy (non-hydrogen) atoms. The zero-order valence-electron chi connectivity index (χ0n) is 8.79. The Labute approximate surface area is 109 Å². The van der Waals surface area contributed by atoms with E-state index in [2.05, 4.69) is 19.8 Å². The van der Waals surface area contributed by atoms with Crippen LogP contribution in [0, 0.1) is 13.1 Å². The van der Waals surface area contributed by atoms with Gasteiger partial charge in [0.05, 0.1) is 6.57 Å². The summed E-state index contributed by atoms with van der Waals surface area (Å²) in [6, 6.07) is -0.232. The second-order valence-corrected chi connectivity index (χ2v) is 3.22. The zero-order chi connectivity index (χ0) is 13.1. The Morgan fingerprint density at radius 1 is 1.50 bits per heavy atom. The highest BCUT2D eigenvalue weighted by Gasteiger charge is 2.21. The van der Waals surface area contributed by atoms with Crippen molar-refractivity contribution in [2.45, 2.75) is 6.67 Å². The monoisotopic (exact) mass is 259 g/mol. The van der Waals surface area contributed by atoms with Crippen molar-refractivity contribution in [3.63, 3.8) is 0 Å². The third kappa shape index (κ3) is 1.93. The van der Waals surface area contributed by atoms with Crippen molar-refractivity contribution in [3.8, 4) is 11.8 Å². The molecule has 9 heteroatoms. The number of nitrogens with zero attached hydrogens (tertiary/aromatic N) is 5. The fourth-order valence-electron chi connectivity index (χ4n) is 1.25. The maximum atomic E-state index is 12.6. The number of rotatable bonds is 3. The summed E-state index contributed by atoms with van der Waals surface area (Å²) in [5, 5.41) is 3.83. The first-order valence-corrected chi connectivity index (χ1v) is 4.98. The van der Waals surface area contributed by atoms with Crippen molar-refractivity contribution in [2.24, 2.45) is 0 Å². The van der Waals surface area contributed by atoms with Gasteiger partial charge in [0.15, 0.2) is 0 Å². The lowest BCUT2D eigenvalue weighted by Gasteiger charge is -1.97. The normalized spacial score (nSPS) is 9.72. The molecule has 0 atom stereocenters. The highest BCUT2D eigenvalue weighted by molar-refractivity contribution is 6.00. The molecule has 0 aliphatic carbocycles. The molecule has 0 bridgehead atoms. The molecule has 0 unspecified atom stereocenters. The van der Waals surface area contributed by atoms with Gasteiger partial charge in [-0.25, -0.2) is 13.9 Å². The third-order valence-electron chi connectivity index (χ3n) is 2.00. The van der Waals surface area contributed by atoms with Gasteiger partial charge < -0.3 is 13.1 Å². The lowest BCUT2D eigenvalue weighted by atomic mass is 10.4. The summed E-state index contributed by atoms with van der Waals surface area (Å²) in [6.45, 7) is 12.8. The van der Waals surface area contributed by atoms with Gasteiger partial charge in [-0.3, -0.25) is 0 Å². The average molecular weight is 259 g/mol. The third-order valence-corrected chi connectivity index (χ3v) is 2.22. The Balaban J connectivity index is 2.55. The molecule has 2 aromatic heterocycles. The van der Waals surface area contributed by atoms with Crippen LogP contribution in [0.1, 0.15) is 5.69 Å². The molecular formula is C9H3AlFN5O2. The van der Waals surface area contributed by atoms with E-state index in [9.17, 15) is 4.39 Å². The second-order valence-electron chi connectivity index (χ2n) is 2.99. The summed E-state index contributed by atoms with van der Waals surface area (Å²) in [5.41, 5.74) is 0.0495. The molecule has 2 aromatic rings. The predicted molar refractivity (Wildman–Crippen MR) is 57.3 cm³/mol. The largest absolute Gasteiger partial charge is 0.619 e. The van der Waals surface area contributed by atoms with E-state index in [4.69, 9.17) is 21.3 Å². The standard InChI is InChI=1S/C9H4FN5O2.Al/c1-11-6-4-15(14-5(6)3-10)8-7(16)13-9(12-2)17-8;/h4,16H,3H2;/q;+1/p-1. The van der Waals surface area contributed by atoms with E-state index in [-0.39, 0.29) is 29.2 Å². The molecular weight excluding hydrogens is 256 g/mol. The first-order valence-electron chi connectivity index (χ1n) is 4.50. The summed E-state index contributed by atoms with van der Waals surface area (Å²) in [6.07, 6.45) is 1.28. The highest BCUT2D eigenvalue weighted by Crippen LogP contribution is 2.29. The van der Waals surface area contributed by atoms with Crippen LogP contribution in [-0.2, 0) is 6.67 Å². The van der Waals surface area contributed by atoms with E-state index in [1.54, 1.807) is 0 Å². The van der Waals surface area contributed by atoms with Gasteiger partial charge in [-0.2, -0.15) is 5.10 Å². The topological polar surface area (TPSA) is 61.8 Å². The molecule has 0 aliphatic heterocycles. The summed E-state index contributed by atoms with van der Waals surface area (Å²) in [4.78, 5) is 9.85. The van der Waals surface area contributed by atoms with E-state index in [1.807, 2.05) is 16.6 Å². The fraction of sp³-hybridized carbons (Fsp3) is 0.111. The van der Waals surface area contributed by atoms with Gasteiger partial charge in [0.25, 0.3) is 5.88 Å². The number of aromatic nitrogens is 3. The maximum absolute atomic E-state index is 12.6. The van der Waals surface area contributed by atoms with Crippen molar-refractivity contribution in [1.29, 1.82) is 0 Å². The van der Waals surface area contributed by atoms with E-state index in [1.165, 1.54) is 6.20 Å². The molecule has 86 valence electrons. The molecule has 2 rings (SSSR count). The Morgan fingerprint density at radius 2 is 2.28 bits per heavy atom. The molecule has 0 aromatic carbocycles. The van der Waals surface area contributed by atoms with Crippen LogP contribution in [0.2, 0.25) is 0 Å². The smallest absolute Gasteiger partial charge is 0.486 e. The Morgan fingerprint density at radius 3 is 2.78 bits per heavy atom. The number of oxazole rings is 1. The Bertz CT molecular complexity index is 666. The molecule has 0 saturated carbocycles. The average Bonchev–Trinajstić information content (AvgIpc) is 3.01. The van der Waals surface area contributed by atoms with E-state index in [0.29, 0.717) is 0 Å². The van der Waals surface area contributed by atoms with Crippen LogP contribution in [0.5, 0.6) is 5.88 Å². The molecule has 0 amide bonds. The molecule has 0 fully saturated rings. The van der Waals surface area contributed by atoms with Gasteiger partial charge in [0, 0.05) is 6.20 Å². The Hall–Kier alpha value is -2.34. The zero-order valence-corrected chi connectivity index (χ0v) is 9.95. The van der Waals surface area contributed by atoms with Crippen LogP contribution in [0.4, 0.5) is 16.1 Å². The predicted octanol–water partition coefficient (Wildman–Crippen LogP) is 1.89. The molecule has 0 N–H and O–H groups in total. The summed E-state index contributed by atoms with van der Waals surface area (Å²) < 4.78 is 23.6. The minimum absolute atomic E-state index is 0.00967. The van der Waals surface area contributed by atoms with Crippen LogP contribution in [0.3, 0.4) is 0 Å².